The molecule has 2 aromatic rings. The number of ether oxygens (including phenoxy) is 1. The number of allylic oxidation sites excluding steroid dienone is 1. The molecule has 0 saturated heterocycles. The number of aromatic nitrogens is 1. The van der Waals surface area contributed by atoms with Gasteiger partial charge in [0.05, 0.1) is 23.9 Å². The lowest BCUT2D eigenvalue weighted by atomic mass is 10.0. The average molecular weight is 269 g/mol. The summed E-state index contributed by atoms with van der Waals surface area (Å²) < 4.78 is 19.1. The van der Waals surface area contributed by atoms with Crippen LogP contribution in [0.5, 0.6) is 5.75 Å². The van der Waals surface area contributed by atoms with Crippen LogP contribution in [0.3, 0.4) is 0 Å². The first-order valence-electron chi connectivity index (χ1n) is 5.82. The summed E-state index contributed by atoms with van der Waals surface area (Å²) >= 11 is 0. The van der Waals surface area contributed by atoms with Gasteiger partial charge in [0.15, 0.2) is 0 Å². The summed E-state index contributed by atoms with van der Waals surface area (Å²) in [6.45, 7) is 0. The molecule has 1 heterocycles. The zero-order valence-corrected chi connectivity index (χ0v) is 10.8. The van der Waals surface area contributed by atoms with Crippen molar-refractivity contribution in [1.82, 2.24) is 4.98 Å². The van der Waals surface area contributed by atoms with Gasteiger partial charge in [0, 0.05) is 18.0 Å². The zero-order chi connectivity index (χ0) is 14.5. The van der Waals surface area contributed by atoms with E-state index in [1.54, 1.807) is 24.4 Å². The number of rotatable bonds is 3. The number of nitrogens with two attached hydrogens (primary N) is 1. The van der Waals surface area contributed by atoms with Crippen molar-refractivity contribution in [3.63, 3.8) is 0 Å². The lowest BCUT2D eigenvalue weighted by Crippen LogP contribution is -2.05. The summed E-state index contributed by atoms with van der Waals surface area (Å²) in [5, 5.41) is 9.29. The molecule has 5 heteroatoms. The Labute approximate surface area is 115 Å². The Morgan fingerprint density at radius 3 is 2.75 bits per heavy atom. The Balaban J connectivity index is 2.68. The van der Waals surface area contributed by atoms with Crippen molar-refractivity contribution >= 4 is 11.3 Å². The molecule has 0 fully saturated rings. The van der Waals surface area contributed by atoms with Crippen molar-refractivity contribution in [1.29, 1.82) is 5.26 Å². The fraction of sp³-hybridized carbons (Fsp3) is 0.0667. The van der Waals surface area contributed by atoms with E-state index in [4.69, 9.17) is 10.5 Å². The Morgan fingerprint density at radius 2 is 2.15 bits per heavy atom. The smallest absolute Gasteiger partial charge is 0.136 e. The van der Waals surface area contributed by atoms with E-state index < -0.39 is 5.82 Å². The highest BCUT2D eigenvalue weighted by molar-refractivity contribution is 5.97. The normalized spacial score (nSPS) is 11.4. The summed E-state index contributed by atoms with van der Waals surface area (Å²) in [6, 6.07) is 9.72. The topological polar surface area (TPSA) is 71.9 Å². The highest BCUT2D eigenvalue weighted by Crippen LogP contribution is 2.30. The number of nitriles is 1. The third kappa shape index (κ3) is 2.45. The van der Waals surface area contributed by atoms with Crippen molar-refractivity contribution in [2.45, 2.75) is 0 Å². The molecule has 0 atom stereocenters. The van der Waals surface area contributed by atoms with Crippen molar-refractivity contribution < 1.29 is 9.13 Å². The summed E-state index contributed by atoms with van der Waals surface area (Å²) in [7, 11) is 1.42. The Kier molecular flexibility index (Phi) is 3.96. The van der Waals surface area contributed by atoms with Gasteiger partial charge in [0.1, 0.15) is 17.6 Å². The molecule has 20 heavy (non-hydrogen) atoms. The fourth-order valence-corrected chi connectivity index (χ4v) is 1.85. The second kappa shape index (κ2) is 5.85. The van der Waals surface area contributed by atoms with Gasteiger partial charge in [-0.2, -0.15) is 5.26 Å². The van der Waals surface area contributed by atoms with Crippen molar-refractivity contribution in [3.8, 4) is 11.8 Å². The predicted molar refractivity (Wildman–Crippen MR) is 73.8 cm³/mol. The third-order valence-corrected chi connectivity index (χ3v) is 2.80. The Hall–Kier alpha value is -2.87. The molecular weight excluding hydrogens is 257 g/mol. The molecule has 0 unspecified atom stereocenters. The molecule has 0 radical (unpaired) electrons. The largest absolute Gasteiger partial charge is 0.496 e. The highest BCUT2D eigenvalue weighted by atomic mass is 19.1. The minimum atomic E-state index is -0.543. The summed E-state index contributed by atoms with van der Waals surface area (Å²) in [4.78, 5) is 3.93. The van der Waals surface area contributed by atoms with E-state index >= 15 is 0 Å². The summed E-state index contributed by atoms with van der Waals surface area (Å²) in [6.07, 6.45) is 3.08. The number of hydrogen-bond donors (Lipinski definition) is 1. The lowest BCUT2D eigenvalue weighted by molar-refractivity contribution is 0.409. The quantitative estimate of drug-likeness (QED) is 0.869. The van der Waals surface area contributed by atoms with Gasteiger partial charge in [-0.15, -0.1) is 0 Å². The van der Waals surface area contributed by atoms with Gasteiger partial charge in [-0.3, -0.25) is 4.98 Å². The lowest BCUT2D eigenvalue weighted by Gasteiger charge is -2.11. The monoisotopic (exact) mass is 269 g/mol. The van der Waals surface area contributed by atoms with Crippen LogP contribution in [0.1, 0.15) is 11.1 Å². The van der Waals surface area contributed by atoms with Crippen molar-refractivity contribution in [3.05, 3.63) is 59.7 Å². The zero-order valence-electron chi connectivity index (χ0n) is 10.8. The van der Waals surface area contributed by atoms with Gasteiger partial charge in [-0.25, -0.2) is 4.39 Å². The maximum atomic E-state index is 14.0. The molecule has 1 aromatic heterocycles. The molecule has 0 spiro atoms. The van der Waals surface area contributed by atoms with E-state index in [0.717, 1.165) is 0 Å². The maximum absolute atomic E-state index is 14.0. The average Bonchev–Trinajstić information content (AvgIpc) is 2.48. The highest BCUT2D eigenvalue weighted by Gasteiger charge is 2.16. The molecule has 0 amide bonds. The van der Waals surface area contributed by atoms with Crippen molar-refractivity contribution in [2.24, 2.45) is 5.73 Å². The van der Waals surface area contributed by atoms with Crippen LogP contribution in [0.4, 0.5) is 4.39 Å². The van der Waals surface area contributed by atoms with E-state index in [0.29, 0.717) is 5.56 Å². The van der Waals surface area contributed by atoms with Gasteiger partial charge >= 0.3 is 0 Å². The minimum Gasteiger partial charge on any atom is -0.496 e. The fourth-order valence-electron chi connectivity index (χ4n) is 1.85. The molecule has 4 nitrogen and oxygen atoms in total. The first-order valence-corrected chi connectivity index (χ1v) is 5.82. The van der Waals surface area contributed by atoms with Crippen LogP contribution < -0.4 is 10.5 Å². The number of hydrogen-bond acceptors (Lipinski definition) is 4. The molecule has 0 aliphatic rings. The summed E-state index contributed by atoms with van der Waals surface area (Å²) in [5.41, 5.74) is 6.75. The van der Waals surface area contributed by atoms with Gasteiger partial charge < -0.3 is 10.5 Å². The van der Waals surface area contributed by atoms with E-state index in [2.05, 4.69) is 4.98 Å². The van der Waals surface area contributed by atoms with Gasteiger partial charge in [0.25, 0.3) is 0 Å². The van der Waals surface area contributed by atoms with Crippen LogP contribution in [-0.2, 0) is 0 Å². The maximum Gasteiger partial charge on any atom is 0.136 e. The van der Waals surface area contributed by atoms with E-state index in [-0.39, 0.29) is 22.6 Å². The predicted octanol–water partition coefficient (Wildman–Crippen LogP) is 2.58. The molecule has 0 aliphatic heterocycles. The number of halogens is 1. The number of methoxy groups -OCH3 is 1. The molecule has 2 rings (SSSR count). The Morgan fingerprint density at radius 1 is 1.35 bits per heavy atom. The van der Waals surface area contributed by atoms with E-state index in [9.17, 15) is 9.65 Å². The molecule has 0 bridgehead atoms. The SMILES string of the molecule is COc1cccc(F)c1/C(N)=C(/C#N)c1cccnc1. The number of nitrogens with zero attached hydrogens (tertiary/aromatic N) is 2. The van der Waals surface area contributed by atoms with Crippen LogP contribution in [0.2, 0.25) is 0 Å². The molecular formula is C15H12FN3O. The van der Waals surface area contributed by atoms with Gasteiger partial charge in [0.2, 0.25) is 0 Å². The van der Waals surface area contributed by atoms with Crippen LogP contribution in [0, 0.1) is 17.1 Å². The summed E-state index contributed by atoms with van der Waals surface area (Å²) in [5.74, 6) is -0.266. The molecule has 0 saturated carbocycles. The van der Waals surface area contributed by atoms with Crippen LogP contribution in [0.15, 0.2) is 42.7 Å². The molecule has 1 aromatic carbocycles. The molecule has 100 valence electrons. The van der Waals surface area contributed by atoms with Crippen LogP contribution >= 0.6 is 0 Å². The third-order valence-electron chi connectivity index (χ3n) is 2.80. The van der Waals surface area contributed by atoms with Gasteiger partial charge in [-0.05, 0) is 18.2 Å². The second-order valence-corrected chi connectivity index (χ2v) is 3.96. The molecule has 2 N–H and O–H groups in total. The first-order chi connectivity index (χ1) is 9.69. The van der Waals surface area contributed by atoms with Crippen LogP contribution in [0.25, 0.3) is 11.3 Å². The van der Waals surface area contributed by atoms with Crippen LogP contribution in [-0.4, -0.2) is 12.1 Å². The molecule has 0 aliphatic carbocycles. The minimum absolute atomic E-state index is 0.0236. The van der Waals surface area contributed by atoms with E-state index in [1.807, 2.05) is 6.07 Å². The number of pyridine rings is 1. The van der Waals surface area contributed by atoms with E-state index in [1.165, 1.54) is 25.4 Å². The standard InChI is InChI=1S/C15H12FN3O/c1-20-13-6-2-5-12(16)14(13)15(18)11(8-17)10-4-3-7-19-9-10/h2-7,9H,18H2,1H3/b15-11+. The second-order valence-electron chi connectivity index (χ2n) is 3.96. The van der Waals surface area contributed by atoms with Crippen molar-refractivity contribution in [2.75, 3.05) is 7.11 Å². The first kappa shape index (κ1) is 13.6. The van der Waals surface area contributed by atoms with Gasteiger partial charge in [-0.1, -0.05) is 12.1 Å². The Bertz CT molecular complexity index is 690. The number of benzene rings is 1.